The van der Waals surface area contributed by atoms with Gasteiger partial charge in [-0.15, -0.1) is 0 Å². The standard InChI is InChI=1S/C21H46NO/c1-6-9-10-11-12-13-14-15-16-17-18-22(4,5)20-23-19-21(7-2)8-3/h21H,6-20H2,1-5H3/q+1. The molecular weight excluding hydrogens is 282 g/mol. The fourth-order valence-corrected chi connectivity index (χ4v) is 3.08. The van der Waals surface area contributed by atoms with Gasteiger partial charge in [0.1, 0.15) is 0 Å². The highest BCUT2D eigenvalue weighted by molar-refractivity contribution is 4.51. The highest BCUT2D eigenvalue weighted by Crippen LogP contribution is 2.12. The summed E-state index contributed by atoms with van der Waals surface area (Å²) in [4.78, 5) is 0. The summed E-state index contributed by atoms with van der Waals surface area (Å²) in [7, 11) is 4.61. The fourth-order valence-electron chi connectivity index (χ4n) is 3.08. The van der Waals surface area contributed by atoms with Crippen LogP contribution < -0.4 is 0 Å². The van der Waals surface area contributed by atoms with Crippen LogP contribution in [-0.4, -0.2) is 38.5 Å². The van der Waals surface area contributed by atoms with E-state index in [1.165, 1.54) is 83.6 Å². The minimum Gasteiger partial charge on any atom is -0.331 e. The van der Waals surface area contributed by atoms with E-state index in [1.807, 2.05) is 0 Å². The van der Waals surface area contributed by atoms with Gasteiger partial charge in [-0.1, -0.05) is 85.0 Å². The Kier molecular flexibility index (Phi) is 15.4. The van der Waals surface area contributed by atoms with Crippen LogP contribution in [0, 0.1) is 5.92 Å². The molecular formula is C21H46NO+. The highest BCUT2D eigenvalue weighted by atomic mass is 16.5. The summed E-state index contributed by atoms with van der Waals surface area (Å²) >= 11 is 0. The van der Waals surface area contributed by atoms with E-state index in [1.54, 1.807) is 0 Å². The molecule has 0 aromatic carbocycles. The van der Waals surface area contributed by atoms with Gasteiger partial charge in [0.2, 0.25) is 0 Å². The van der Waals surface area contributed by atoms with E-state index in [9.17, 15) is 0 Å². The van der Waals surface area contributed by atoms with E-state index < -0.39 is 0 Å². The SMILES string of the molecule is CCCCCCCCCCCC[N+](C)(C)COCC(CC)CC. The number of ether oxygens (including phenoxy) is 1. The second-order valence-corrected chi connectivity index (χ2v) is 8.02. The van der Waals surface area contributed by atoms with Crippen LogP contribution in [0.4, 0.5) is 0 Å². The van der Waals surface area contributed by atoms with Gasteiger partial charge in [0.05, 0.1) is 27.2 Å². The van der Waals surface area contributed by atoms with Crippen LogP contribution in [0.2, 0.25) is 0 Å². The largest absolute Gasteiger partial charge is 0.331 e. The van der Waals surface area contributed by atoms with Crippen molar-refractivity contribution in [1.82, 2.24) is 0 Å². The molecule has 2 heteroatoms. The first-order valence-corrected chi connectivity index (χ1v) is 10.5. The zero-order chi connectivity index (χ0) is 17.4. The lowest BCUT2D eigenvalue weighted by atomic mass is 10.1. The van der Waals surface area contributed by atoms with Crippen molar-refractivity contribution in [2.24, 2.45) is 5.92 Å². The molecule has 0 saturated heterocycles. The van der Waals surface area contributed by atoms with Crippen molar-refractivity contribution < 1.29 is 9.22 Å². The number of hydrogen-bond donors (Lipinski definition) is 0. The molecule has 0 saturated carbocycles. The molecule has 0 N–H and O–H groups in total. The summed E-state index contributed by atoms with van der Waals surface area (Å²) in [5.41, 5.74) is 0. The summed E-state index contributed by atoms with van der Waals surface area (Å²) in [5.74, 6) is 0.743. The van der Waals surface area contributed by atoms with Crippen molar-refractivity contribution in [3.8, 4) is 0 Å². The molecule has 0 aromatic rings. The summed E-state index contributed by atoms with van der Waals surface area (Å²) in [5, 5.41) is 0. The maximum atomic E-state index is 5.96. The molecule has 0 spiro atoms. The maximum absolute atomic E-state index is 5.96. The Balaban J connectivity index is 3.44. The average Bonchev–Trinajstić information content (AvgIpc) is 2.53. The topological polar surface area (TPSA) is 9.23 Å². The van der Waals surface area contributed by atoms with Crippen LogP contribution in [0.15, 0.2) is 0 Å². The third-order valence-corrected chi connectivity index (χ3v) is 5.07. The monoisotopic (exact) mass is 328 g/mol. The molecule has 23 heavy (non-hydrogen) atoms. The Morgan fingerprint density at radius 3 is 1.65 bits per heavy atom. The molecule has 0 aliphatic heterocycles. The average molecular weight is 329 g/mol. The second-order valence-electron chi connectivity index (χ2n) is 8.02. The van der Waals surface area contributed by atoms with E-state index >= 15 is 0 Å². The lowest BCUT2D eigenvalue weighted by Crippen LogP contribution is -2.42. The molecule has 0 unspecified atom stereocenters. The van der Waals surface area contributed by atoms with Crippen LogP contribution in [0.1, 0.15) is 97.8 Å². The fraction of sp³-hybridized carbons (Fsp3) is 1.00. The molecule has 0 rings (SSSR count). The third-order valence-electron chi connectivity index (χ3n) is 5.07. The zero-order valence-electron chi connectivity index (χ0n) is 17.0. The van der Waals surface area contributed by atoms with Crippen molar-refractivity contribution in [3.63, 3.8) is 0 Å². The van der Waals surface area contributed by atoms with Gasteiger partial charge in [-0.05, 0) is 18.8 Å². The molecule has 0 amide bonds. The number of hydrogen-bond acceptors (Lipinski definition) is 1. The van der Waals surface area contributed by atoms with Gasteiger partial charge in [0.25, 0.3) is 0 Å². The Hall–Kier alpha value is -0.0800. The molecule has 0 aromatic heterocycles. The lowest BCUT2D eigenvalue weighted by molar-refractivity contribution is -0.910. The smallest absolute Gasteiger partial charge is 0.182 e. The Morgan fingerprint density at radius 1 is 0.696 bits per heavy atom. The van der Waals surface area contributed by atoms with Crippen molar-refractivity contribution >= 4 is 0 Å². The minimum atomic E-state index is 0.743. The van der Waals surface area contributed by atoms with Crippen LogP contribution >= 0.6 is 0 Å². The Morgan fingerprint density at radius 2 is 1.17 bits per heavy atom. The number of nitrogens with zero attached hydrogens (tertiary/aromatic N) is 1. The van der Waals surface area contributed by atoms with Crippen LogP contribution in [0.25, 0.3) is 0 Å². The van der Waals surface area contributed by atoms with Gasteiger partial charge < -0.3 is 9.22 Å². The van der Waals surface area contributed by atoms with Gasteiger partial charge in [-0.2, -0.15) is 0 Å². The molecule has 2 nitrogen and oxygen atoms in total. The molecule has 0 fully saturated rings. The van der Waals surface area contributed by atoms with E-state index in [0.29, 0.717) is 0 Å². The first-order chi connectivity index (χ1) is 11.1. The summed E-state index contributed by atoms with van der Waals surface area (Å²) in [6.45, 7) is 9.87. The quantitative estimate of drug-likeness (QED) is 0.171. The predicted octanol–water partition coefficient (Wildman–Crippen LogP) is 6.39. The second kappa shape index (κ2) is 15.4. The normalized spacial score (nSPS) is 12.3. The first kappa shape index (κ1) is 22.9. The maximum Gasteiger partial charge on any atom is 0.182 e. The summed E-state index contributed by atoms with van der Waals surface area (Å²) < 4.78 is 6.97. The van der Waals surface area contributed by atoms with Gasteiger partial charge in [-0.25, -0.2) is 0 Å². The van der Waals surface area contributed by atoms with E-state index in [-0.39, 0.29) is 0 Å². The molecule has 0 aliphatic carbocycles. The Bertz CT molecular complexity index is 236. The van der Waals surface area contributed by atoms with E-state index in [0.717, 1.165) is 23.7 Å². The zero-order valence-corrected chi connectivity index (χ0v) is 17.0. The van der Waals surface area contributed by atoms with Crippen molar-refractivity contribution in [2.45, 2.75) is 97.8 Å². The predicted molar refractivity (Wildman–Crippen MR) is 104 cm³/mol. The number of rotatable bonds is 17. The highest BCUT2D eigenvalue weighted by Gasteiger charge is 2.15. The van der Waals surface area contributed by atoms with E-state index in [4.69, 9.17) is 4.74 Å². The molecule has 0 aliphatic rings. The molecule has 0 bridgehead atoms. The summed E-state index contributed by atoms with van der Waals surface area (Å²) in [6, 6.07) is 0. The van der Waals surface area contributed by atoms with Crippen molar-refractivity contribution in [2.75, 3.05) is 34.0 Å². The lowest BCUT2D eigenvalue weighted by Gasteiger charge is -2.30. The van der Waals surface area contributed by atoms with Gasteiger partial charge in [0, 0.05) is 0 Å². The van der Waals surface area contributed by atoms with Crippen LogP contribution in [0.3, 0.4) is 0 Å². The molecule has 0 atom stereocenters. The molecule has 0 radical (unpaired) electrons. The first-order valence-electron chi connectivity index (χ1n) is 10.5. The van der Waals surface area contributed by atoms with Crippen molar-refractivity contribution in [3.05, 3.63) is 0 Å². The van der Waals surface area contributed by atoms with Crippen LogP contribution in [0.5, 0.6) is 0 Å². The minimum absolute atomic E-state index is 0.743. The number of unbranched alkanes of at least 4 members (excludes halogenated alkanes) is 9. The van der Waals surface area contributed by atoms with E-state index in [2.05, 4.69) is 34.9 Å². The molecule has 140 valence electrons. The van der Waals surface area contributed by atoms with Gasteiger partial charge in [-0.3, -0.25) is 0 Å². The van der Waals surface area contributed by atoms with Gasteiger partial charge in [0.15, 0.2) is 6.73 Å². The van der Waals surface area contributed by atoms with Gasteiger partial charge >= 0.3 is 0 Å². The third kappa shape index (κ3) is 15.2. The molecule has 0 heterocycles. The van der Waals surface area contributed by atoms with Crippen LogP contribution in [-0.2, 0) is 4.74 Å². The Labute approximate surface area is 147 Å². The summed E-state index contributed by atoms with van der Waals surface area (Å²) in [6.07, 6.45) is 16.6. The van der Waals surface area contributed by atoms with Crippen molar-refractivity contribution in [1.29, 1.82) is 0 Å². The number of quaternary nitrogens is 1.